The minimum atomic E-state index is -0.818. The number of rotatable bonds is 5. The molecule has 1 aliphatic rings. The predicted molar refractivity (Wildman–Crippen MR) is 68.5 cm³/mol. The van der Waals surface area contributed by atoms with Crippen molar-refractivity contribution in [1.82, 2.24) is 0 Å². The van der Waals surface area contributed by atoms with Crippen molar-refractivity contribution < 1.29 is 18.9 Å². The summed E-state index contributed by atoms with van der Waals surface area (Å²) >= 11 is 5.86. The fraction of sp³-hybridized carbons (Fsp3) is 0.538. The number of alkyl halides is 1. The van der Waals surface area contributed by atoms with Crippen molar-refractivity contribution in [2.75, 3.05) is 33.3 Å². The zero-order valence-corrected chi connectivity index (χ0v) is 11.3. The molecule has 1 aromatic carbocycles. The van der Waals surface area contributed by atoms with Crippen LogP contribution in [0.4, 0.5) is 0 Å². The van der Waals surface area contributed by atoms with Gasteiger partial charge in [0.05, 0.1) is 33.0 Å². The van der Waals surface area contributed by atoms with Gasteiger partial charge in [-0.25, -0.2) is 0 Å². The van der Waals surface area contributed by atoms with Crippen LogP contribution in [0.25, 0.3) is 0 Å². The second kappa shape index (κ2) is 5.78. The van der Waals surface area contributed by atoms with Crippen LogP contribution in [0.3, 0.4) is 0 Å². The summed E-state index contributed by atoms with van der Waals surface area (Å²) in [6.07, 6.45) is 0.568. The van der Waals surface area contributed by atoms with Crippen LogP contribution < -0.4 is 9.47 Å². The maximum absolute atomic E-state index is 5.86. The third kappa shape index (κ3) is 2.41. The van der Waals surface area contributed by atoms with Gasteiger partial charge in [0.2, 0.25) is 0 Å². The fourth-order valence-electron chi connectivity index (χ4n) is 2.13. The van der Waals surface area contributed by atoms with E-state index in [4.69, 9.17) is 30.5 Å². The van der Waals surface area contributed by atoms with Crippen LogP contribution in [0.2, 0.25) is 0 Å². The summed E-state index contributed by atoms with van der Waals surface area (Å²) in [6, 6.07) is 5.55. The van der Waals surface area contributed by atoms with Crippen LogP contribution in [-0.2, 0) is 15.3 Å². The molecule has 2 rings (SSSR count). The molecule has 0 aliphatic carbocycles. The van der Waals surface area contributed by atoms with Crippen molar-refractivity contribution in [1.29, 1.82) is 0 Å². The first kappa shape index (κ1) is 13.5. The van der Waals surface area contributed by atoms with E-state index in [0.717, 1.165) is 11.3 Å². The van der Waals surface area contributed by atoms with E-state index in [1.807, 2.05) is 18.2 Å². The maximum atomic E-state index is 5.86. The Labute approximate surface area is 112 Å². The largest absolute Gasteiger partial charge is 0.497 e. The molecule has 1 heterocycles. The molecule has 0 N–H and O–H groups in total. The molecule has 0 saturated carbocycles. The van der Waals surface area contributed by atoms with Crippen molar-refractivity contribution in [2.45, 2.75) is 12.2 Å². The van der Waals surface area contributed by atoms with Crippen molar-refractivity contribution in [2.24, 2.45) is 0 Å². The number of hydrogen-bond donors (Lipinski definition) is 0. The molecule has 100 valence electrons. The fourth-order valence-corrected chi connectivity index (χ4v) is 2.37. The van der Waals surface area contributed by atoms with E-state index >= 15 is 0 Å². The number of ether oxygens (including phenoxy) is 4. The quantitative estimate of drug-likeness (QED) is 0.772. The van der Waals surface area contributed by atoms with Crippen molar-refractivity contribution in [3.8, 4) is 11.5 Å². The average molecular weight is 273 g/mol. The van der Waals surface area contributed by atoms with E-state index in [-0.39, 0.29) is 0 Å². The zero-order chi connectivity index (χ0) is 13.0. The first-order valence-corrected chi connectivity index (χ1v) is 6.35. The molecule has 0 aromatic heterocycles. The molecule has 0 unspecified atom stereocenters. The summed E-state index contributed by atoms with van der Waals surface area (Å²) in [7, 11) is 3.24. The van der Waals surface area contributed by atoms with Crippen LogP contribution in [0.1, 0.15) is 12.0 Å². The van der Waals surface area contributed by atoms with E-state index in [1.165, 1.54) is 0 Å². The van der Waals surface area contributed by atoms with Crippen LogP contribution >= 0.6 is 11.6 Å². The number of methoxy groups -OCH3 is 2. The van der Waals surface area contributed by atoms with Crippen LogP contribution in [0.15, 0.2) is 18.2 Å². The molecule has 0 atom stereocenters. The topological polar surface area (TPSA) is 36.9 Å². The smallest absolute Gasteiger partial charge is 0.199 e. The van der Waals surface area contributed by atoms with E-state index < -0.39 is 5.79 Å². The number of hydrogen-bond acceptors (Lipinski definition) is 4. The van der Waals surface area contributed by atoms with Gasteiger partial charge in [0.25, 0.3) is 0 Å². The summed E-state index contributed by atoms with van der Waals surface area (Å²) in [5, 5.41) is 0. The predicted octanol–water partition coefficient (Wildman–Crippen LogP) is 2.53. The van der Waals surface area contributed by atoms with Crippen molar-refractivity contribution in [3.05, 3.63) is 23.8 Å². The highest BCUT2D eigenvalue weighted by Gasteiger charge is 2.40. The van der Waals surface area contributed by atoms with E-state index in [9.17, 15) is 0 Å². The lowest BCUT2D eigenvalue weighted by Crippen LogP contribution is -2.28. The Bertz CT molecular complexity index is 402. The Balaban J connectivity index is 2.44. The third-order valence-corrected chi connectivity index (χ3v) is 3.18. The second-order valence-corrected chi connectivity index (χ2v) is 4.33. The van der Waals surface area contributed by atoms with Gasteiger partial charge < -0.3 is 18.9 Å². The first-order valence-electron chi connectivity index (χ1n) is 5.82. The molecular formula is C13H17ClO4. The van der Waals surface area contributed by atoms with Crippen molar-refractivity contribution >= 4 is 11.6 Å². The summed E-state index contributed by atoms with van der Waals surface area (Å²) in [6.45, 7) is 1.11. The highest BCUT2D eigenvalue weighted by atomic mass is 35.5. The monoisotopic (exact) mass is 272 g/mol. The minimum absolute atomic E-state index is 0.445. The van der Waals surface area contributed by atoms with Gasteiger partial charge in [0.15, 0.2) is 5.79 Å². The molecule has 1 fully saturated rings. The zero-order valence-electron chi connectivity index (χ0n) is 10.6. The molecule has 4 nitrogen and oxygen atoms in total. The van der Waals surface area contributed by atoms with E-state index in [1.54, 1.807) is 14.2 Å². The average Bonchev–Trinajstić information content (AvgIpc) is 2.88. The van der Waals surface area contributed by atoms with Gasteiger partial charge in [-0.2, -0.15) is 0 Å². The molecule has 0 radical (unpaired) electrons. The Morgan fingerprint density at radius 1 is 1.22 bits per heavy atom. The molecule has 5 heteroatoms. The molecule has 1 saturated heterocycles. The number of halogens is 1. The lowest BCUT2D eigenvalue weighted by atomic mass is 10.0. The Morgan fingerprint density at radius 2 is 1.94 bits per heavy atom. The Morgan fingerprint density at radius 3 is 2.50 bits per heavy atom. The molecule has 0 spiro atoms. The van der Waals surface area contributed by atoms with Crippen LogP contribution in [0.5, 0.6) is 11.5 Å². The second-order valence-electron chi connectivity index (χ2n) is 3.96. The van der Waals surface area contributed by atoms with Gasteiger partial charge in [-0.05, 0) is 18.2 Å². The summed E-state index contributed by atoms with van der Waals surface area (Å²) < 4.78 is 22.1. The van der Waals surface area contributed by atoms with Gasteiger partial charge in [0, 0.05) is 12.3 Å². The standard InChI is InChI=1S/C13H17ClO4/c1-15-10-3-4-12(16-2)11(9-10)13(5-6-14)17-7-8-18-13/h3-4,9H,5-8H2,1-2H3. The Kier molecular flexibility index (Phi) is 4.32. The molecule has 1 aliphatic heterocycles. The minimum Gasteiger partial charge on any atom is -0.497 e. The molecule has 18 heavy (non-hydrogen) atoms. The Hall–Kier alpha value is -0.970. The van der Waals surface area contributed by atoms with Gasteiger partial charge in [0.1, 0.15) is 11.5 Å². The van der Waals surface area contributed by atoms with Crippen molar-refractivity contribution in [3.63, 3.8) is 0 Å². The van der Waals surface area contributed by atoms with Gasteiger partial charge in [-0.15, -0.1) is 11.6 Å². The summed E-state index contributed by atoms with van der Waals surface area (Å²) in [5.41, 5.74) is 0.822. The highest BCUT2D eigenvalue weighted by molar-refractivity contribution is 6.17. The summed E-state index contributed by atoms with van der Waals surface area (Å²) in [4.78, 5) is 0. The maximum Gasteiger partial charge on any atom is 0.199 e. The number of benzene rings is 1. The van der Waals surface area contributed by atoms with Gasteiger partial charge in [-0.3, -0.25) is 0 Å². The molecule has 1 aromatic rings. The SMILES string of the molecule is COc1ccc(OC)c(C2(CCCl)OCCO2)c1. The molecular weight excluding hydrogens is 256 g/mol. The summed E-state index contributed by atoms with van der Waals surface area (Å²) in [5.74, 6) is 1.07. The van der Waals surface area contributed by atoms with E-state index in [2.05, 4.69) is 0 Å². The van der Waals surface area contributed by atoms with Gasteiger partial charge >= 0.3 is 0 Å². The van der Waals surface area contributed by atoms with Gasteiger partial charge in [-0.1, -0.05) is 0 Å². The first-order chi connectivity index (χ1) is 8.75. The van der Waals surface area contributed by atoms with Crippen LogP contribution in [-0.4, -0.2) is 33.3 Å². The third-order valence-electron chi connectivity index (χ3n) is 2.99. The highest BCUT2D eigenvalue weighted by Crippen LogP contribution is 2.41. The molecule has 0 amide bonds. The lowest BCUT2D eigenvalue weighted by Gasteiger charge is -2.28. The lowest BCUT2D eigenvalue weighted by molar-refractivity contribution is -0.167. The molecule has 0 bridgehead atoms. The van der Waals surface area contributed by atoms with E-state index in [0.29, 0.717) is 31.3 Å². The van der Waals surface area contributed by atoms with Crippen LogP contribution in [0, 0.1) is 0 Å². The normalized spacial score (nSPS) is 17.7.